The summed E-state index contributed by atoms with van der Waals surface area (Å²) in [5, 5.41) is 9.32. The molecule has 1 aromatic carbocycles. The predicted molar refractivity (Wildman–Crippen MR) is 60.8 cm³/mol. The minimum Gasteiger partial charge on any atom is -0.481 e. The molecule has 5 heteroatoms. The number of hydrogen-bond donors (Lipinski definition) is 1. The third-order valence-corrected chi connectivity index (χ3v) is 3.44. The van der Waals surface area contributed by atoms with Crippen molar-refractivity contribution in [3.05, 3.63) is 29.8 Å². The third-order valence-electron chi connectivity index (χ3n) is 3.44. The molecular weight excluding hydrogens is 242 g/mol. The van der Waals surface area contributed by atoms with E-state index in [-0.39, 0.29) is 5.75 Å². The van der Waals surface area contributed by atoms with Crippen LogP contribution in [0.15, 0.2) is 24.3 Å². The fraction of sp³-hybridized carbons (Fsp3) is 0.462. The molecule has 1 N–H and O–H groups in total. The Morgan fingerprint density at radius 3 is 2.33 bits per heavy atom. The van der Waals surface area contributed by atoms with Gasteiger partial charge in [0, 0.05) is 0 Å². The normalized spacial score (nSPS) is 26.8. The van der Waals surface area contributed by atoms with Crippen LogP contribution >= 0.6 is 0 Å². The molecule has 1 aromatic rings. The van der Waals surface area contributed by atoms with Crippen LogP contribution in [0.5, 0.6) is 5.75 Å². The van der Waals surface area contributed by atoms with Crippen molar-refractivity contribution in [3.8, 4) is 5.75 Å². The van der Waals surface area contributed by atoms with Crippen molar-refractivity contribution in [2.24, 2.45) is 5.92 Å². The largest absolute Gasteiger partial charge is 0.481 e. The number of carboxylic acid groups (broad SMARTS) is 1. The number of rotatable bonds is 4. The first-order valence-electron chi connectivity index (χ1n) is 5.73. The number of carboxylic acids is 1. The molecule has 0 heterocycles. The Morgan fingerprint density at radius 2 is 1.94 bits per heavy atom. The molecule has 2 rings (SSSR count). The van der Waals surface area contributed by atoms with Crippen molar-refractivity contribution in [3.63, 3.8) is 0 Å². The molecule has 0 radical (unpaired) electrons. The Balaban J connectivity index is 2.20. The van der Waals surface area contributed by atoms with Gasteiger partial charge in [-0.25, -0.2) is 0 Å². The number of benzene rings is 1. The maximum atomic E-state index is 12.0. The van der Waals surface area contributed by atoms with Gasteiger partial charge in [0.25, 0.3) is 0 Å². The van der Waals surface area contributed by atoms with E-state index in [9.17, 15) is 18.7 Å². The number of alkyl halides is 2. The molecule has 1 fully saturated rings. The van der Waals surface area contributed by atoms with Gasteiger partial charge in [-0.3, -0.25) is 4.79 Å². The predicted octanol–water partition coefficient (Wildman–Crippen LogP) is 3.04. The zero-order valence-corrected chi connectivity index (χ0v) is 9.90. The molecule has 3 nitrogen and oxygen atoms in total. The van der Waals surface area contributed by atoms with E-state index in [4.69, 9.17) is 0 Å². The molecule has 0 spiro atoms. The van der Waals surface area contributed by atoms with Crippen molar-refractivity contribution in [1.82, 2.24) is 0 Å². The van der Waals surface area contributed by atoms with E-state index in [1.807, 2.05) is 6.92 Å². The van der Waals surface area contributed by atoms with Crippen LogP contribution in [0, 0.1) is 5.92 Å². The number of hydrogen-bond acceptors (Lipinski definition) is 2. The van der Waals surface area contributed by atoms with Gasteiger partial charge in [-0.05, 0) is 36.5 Å². The van der Waals surface area contributed by atoms with Gasteiger partial charge < -0.3 is 9.84 Å². The molecule has 0 bridgehead atoms. The second-order valence-corrected chi connectivity index (χ2v) is 4.80. The zero-order valence-electron chi connectivity index (χ0n) is 9.90. The van der Waals surface area contributed by atoms with E-state index in [1.165, 1.54) is 12.1 Å². The van der Waals surface area contributed by atoms with E-state index in [2.05, 4.69) is 4.74 Å². The number of halogens is 2. The second kappa shape index (κ2) is 4.55. The lowest BCUT2D eigenvalue weighted by atomic mass is 9.59. The molecule has 0 atom stereocenters. The Hall–Kier alpha value is -1.65. The highest BCUT2D eigenvalue weighted by Gasteiger charge is 2.49. The van der Waals surface area contributed by atoms with E-state index in [0.717, 1.165) is 0 Å². The lowest BCUT2D eigenvalue weighted by molar-refractivity contribution is -0.149. The van der Waals surface area contributed by atoms with Crippen LogP contribution in [0.2, 0.25) is 0 Å². The summed E-state index contributed by atoms with van der Waals surface area (Å²) >= 11 is 0. The Morgan fingerprint density at radius 1 is 1.39 bits per heavy atom. The summed E-state index contributed by atoms with van der Waals surface area (Å²) in [4.78, 5) is 11.4. The van der Waals surface area contributed by atoms with Crippen molar-refractivity contribution >= 4 is 5.97 Å². The van der Waals surface area contributed by atoms with Gasteiger partial charge in [-0.15, -0.1) is 0 Å². The Labute approximate surface area is 103 Å². The summed E-state index contributed by atoms with van der Waals surface area (Å²) in [5.74, 6) is -0.442. The average molecular weight is 256 g/mol. The topological polar surface area (TPSA) is 46.5 Å². The number of carbonyl (C=O) groups is 1. The molecule has 0 saturated heterocycles. The van der Waals surface area contributed by atoms with Crippen LogP contribution in [-0.4, -0.2) is 17.7 Å². The van der Waals surface area contributed by atoms with Crippen LogP contribution in [0.1, 0.15) is 25.3 Å². The van der Waals surface area contributed by atoms with Gasteiger partial charge >= 0.3 is 12.6 Å². The molecule has 18 heavy (non-hydrogen) atoms. The molecule has 0 aromatic heterocycles. The second-order valence-electron chi connectivity index (χ2n) is 4.80. The quantitative estimate of drug-likeness (QED) is 0.900. The lowest BCUT2D eigenvalue weighted by Gasteiger charge is -2.43. The standard InChI is InChI=1S/C13H14F2O3/c1-8-6-13(7-8,11(16)17)9-2-4-10(5-3-9)18-12(14)15/h2-5,8,12H,6-7H2,1H3,(H,16,17). The highest BCUT2D eigenvalue weighted by atomic mass is 19.3. The third kappa shape index (κ3) is 2.17. The first kappa shape index (κ1) is 12.8. The fourth-order valence-electron chi connectivity index (χ4n) is 2.62. The molecule has 1 aliphatic carbocycles. The molecular formula is C13H14F2O3. The van der Waals surface area contributed by atoms with Crippen LogP contribution in [0.25, 0.3) is 0 Å². The number of aliphatic carboxylic acids is 1. The van der Waals surface area contributed by atoms with Gasteiger partial charge in [0.05, 0.1) is 5.41 Å². The van der Waals surface area contributed by atoms with Crippen molar-refractivity contribution < 1.29 is 23.4 Å². The molecule has 0 unspecified atom stereocenters. The van der Waals surface area contributed by atoms with E-state index >= 15 is 0 Å². The number of ether oxygens (including phenoxy) is 1. The minimum absolute atomic E-state index is 0.0432. The van der Waals surface area contributed by atoms with Crippen LogP contribution in [-0.2, 0) is 10.2 Å². The first-order chi connectivity index (χ1) is 8.44. The van der Waals surface area contributed by atoms with Crippen LogP contribution in [0.3, 0.4) is 0 Å². The molecule has 0 amide bonds. The fourth-order valence-corrected chi connectivity index (χ4v) is 2.62. The van der Waals surface area contributed by atoms with Crippen LogP contribution in [0.4, 0.5) is 8.78 Å². The highest BCUT2D eigenvalue weighted by molar-refractivity contribution is 5.82. The van der Waals surface area contributed by atoms with Crippen molar-refractivity contribution in [2.75, 3.05) is 0 Å². The first-order valence-corrected chi connectivity index (χ1v) is 5.73. The van der Waals surface area contributed by atoms with Gasteiger partial charge in [-0.1, -0.05) is 19.1 Å². The summed E-state index contributed by atoms with van der Waals surface area (Å²) in [6, 6.07) is 5.87. The lowest BCUT2D eigenvalue weighted by Crippen LogP contribution is -2.46. The van der Waals surface area contributed by atoms with E-state index < -0.39 is 18.0 Å². The summed E-state index contributed by atoms with van der Waals surface area (Å²) in [7, 11) is 0. The molecule has 1 saturated carbocycles. The van der Waals surface area contributed by atoms with Gasteiger partial charge in [0.1, 0.15) is 5.75 Å². The summed E-state index contributed by atoms with van der Waals surface area (Å²) in [6.45, 7) is -0.872. The minimum atomic E-state index is -2.87. The van der Waals surface area contributed by atoms with E-state index in [0.29, 0.717) is 24.3 Å². The van der Waals surface area contributed by atoms with Gasteiger partial charge in [0.2, 0.25) is 0 Å². The summed E-state index contributed by atoms with van der Waals surface area (Å²) in [5.41, 5.74) is -0.210. The van der Waals surface area contributed by atoms with Crippen molar-refractivity contribution in [1.29, 1.82) is 0 Å². The Bertz CT molecular complexity index is 436. The van der Waals surface area contributed by atoms with Crippen molar-refractivity contribution in [2.45, 2.75) is 31.8 Å². The maximum Gasteiger partial charge on any atom is 0.387 e. The van der Waals surface area contributed by atoms with Gasteiger partial charge in [0.15, 0.2) is 0 Å². The Kier molecular flexibility index (Phi) is 3.24. The summed E-state index contributed by atoms with van der Waals surface area (Å²) in [6.07, 6.45) is 1.16. The maximum absolute atomic E-state index is 12.0. The van der Waals surface area contributed by atoms with Crippen LogP contribution < -0.4 is 4.74 Å². The molecule has 1 aliphatic rings. The SMILES string of the molecule is CC1CC(C(=O)O)(c2ccc(OC(F)F)cc2)C1. The smallest absolute Gasteiger partial charge is 0.387 e. The molecule has 98 valence electrons. The van der Waals surface area contributed by atoms with E-state index in [1.54, 1.807) is 12.1 Å². The average Bonchev–Trinajstić information content (AvgIpc) is 2.24. The van der Waals surface area contributed by atoms with Gasteiger partial charge in [-0.2, -0.15) is 8.78 Å². The zero-order chi connectivity index (χ0) is 13.3. The monoisotopic (exact) mass is 256 g/mol. The highest BCUT2D eigenvalue weighted by Crippen LogP contribution is 2.48. The summed E-state index contributed by atoms with van der Waals surface area (Å²) < 4.78 is 28.2. The molecule has 0 aliphatic heterocycles.